The highest BCUT2D eigenvalue weighted by Crippen LogP contribution is 2.12. The third-order valence-electron chi connectivity index (χ3n) is 1.78. The number of hydrogen-bond donors (Lipinski definition) is 1. The van der Waals surface area contributed by atoms with Gasteiger partial charge in [0, 0.05) is 5.56 Å². The van der Waals surface area contributed by atoms with Gasteiger partial charge in [0.25, 0.3) is 5.78 Å². The second kappa shape index (κ2) is 2.85. The van der Waals surface area contributed by atoms with Crippen LogP contribution >= 0.6 is 0 Å². The third-order valence-corrected chi connectivity index (χ3v) is 1.78. The monoisotopic (exact) mass is 188 g/mol. The zero-order valence-corrected chi connectivity index (χ0v) is 6.90. The van der Waals surface area contributed by atoms with E-state index >= 15 is 0 Å². The van der Waals surface area contributed by atoms with Gasteiger partial charge in [-0.15, -0.1) is 0 Å². The Morgan fingerprint density at radius 2 is 2.29 bits per heavy atom. The summed E-state index contributed by atoms with van der Waals surface area (Å²) < 4.78 is 4.73. The van der Waals surface area contributed by atoms with Gasteiger partial charge in [-0.2, -0.15) is 5.26 Å². The maximum Gasteiger partial charge on any atom is 0.417 e. The molecule has 68 valence electrons. The number of oxazole rings is 1. The highest BCUT2D eigenvalue weighted by molar-refractivity contribution is 6.08. The van der Waals surface area contributed by atoms with Gasteiger partial charge < -0.3 is 4.42 Å². The second-order valence-electron chi connectivity index (χ2n) is 2.67. The van der Waals surface area contributed by atoms with E-state index in [2.05, 4.69) is 4.98 Å². The summed E-state index contributed by atoms with van der Waals surface area (Å²) in [4.78, 5) is 24.2. The van der Waals surface area contributed by atoms with Gasteiger partial charge >= 0.3 is 5.76 Å². The molecular weight excluding hydrogens is 184 g/mol. The van der Waals surface area contributed by atoms with Gasteiger partial charge in [0.15, 0.2) is 5.58 Å². The molecule has 0 bridgehead atoms. The Kier molecular flexibility index (Phi) is 1.68. The molecule has 0 atom stereocenters. The van der Waals surface area contributed by atoms with Gasteiger partial charge in [0.05, 0.1) is 5.52 Å². The summed E-state index contributed by atoms with van der Waals surface area (Å²) in [5, 5.41) is 8.37. The van der Waals surface area contributed by atoms with Crippen LogP contribution in [0.4, 0.5) is 0 Å². The maximum absolute atomic E-state index is 11.0. The lowest BCUT2D eigenvalue weighted by Crippen LogP contribution is -1.93. The van der Waals surface area contributed by atoms with Crippen LogP contribution in [0.15, 0.2) is 27.4 Å². The number of aromatic nitrogens is 1. The minimum Gasteiger partial charge on any atom is -0.408 e. The Bertz CT molecular complexity index is 600. The third kappa shape index (κ3) is 1.19. The first-order valence-corrected chi connectivity index (χ1v) is 3.78. The fourth-order valence-corrected chi connectivity index (χ4v) is 1.15. The van der Waals surface area contributed by atoms with Crippen molar-refractivity contribution < 1.29 is 9.21 Å². The minimum absolute atomic E-state index is 0.211. The molecule has 14 heavy (non-hydrogen) atoms. The Balaban J connectivity index is 2.68. The average molecular weight is 188 g/mol. The lowest BCUT2D eigenvalue weighted by Gasteiger charge is -1.90. The number of hydrogen-bond acceptors (Lipinski definition) is 4. The first kappa shape index (κ1) is 8.26. The predicted octanol–water partition coefficient (Wildman–Crippen LogP) is 0.827. The lowest BCUT2D eigenvalue weighted by molar-refractivity contribution is 0.105. The van der Waals surface area contributed by atoms with Crippen LogP contribution in [-0.4, -0.2) is 10.8 Å². The quantitative estimate of drug-likeness (QED) is 0.530. The molecule has 0 saturated heterocycles. The van der Waals surface area contributed by atoms with E-state index < -0.39 is 11.5 Å². The smallest absolute Gasteiger partial charge is 0.408 e. The Hall–Kier alpha value is -2.35. The number of Topliss-reactive ketones (excluding diaryl/α,β-unsaturated/α-hetero) is 1. The summed E-state index contributed by atoms with van der Waals surface area (Å²) in [5.41, 5.74) is 0.989. The van der Waals surface area contributed by atoms with E-state index in [9.17, 15) is 9.59 Å². The summed E-state index contributed by atoms with van der Waals surface area (Å²) in [6.07, 6.45) is 0. The molecule has 1 N–H and O–H groups in total. The lowest BCUT2D eigenvalue weighted by atomic mass is 10.1. The molecule has 0 spiro atoms. The summed E-state index contributed by atoms with van der Waals surface area (Å²) in [7, 11) is 0. The van der Waals surface area contributed by atoms with Crippen LogP contribution in [0, 0.1) is 11.3 Å². The number of ketones is 1. The second-order valence-corrected chi connectivity index (χ2v) is 2.67. The molecule has 0 saturated carbocycles. The molecule has 0 amide bonds. The highest BCUT2D eigenvalue weighted by atomic mass is 16.4. The molecule has 0 aliphatic rings. The van der Waals surface area contributed by atoms with E-state index in [0.29, 0.717) is 5.52 Å². The van der Waals surface area contributed by atoms with Crippen molar-refractivity contribution in [2.45, 2.75) is 0 Å². The Morgan fingerprint density at radius 1 is 1.50 bits per heavy atom. The van der Waals surface area contributed by atoms with Crippen molar-refractivity contribution in [2.75, 3.05) is 0 Å². The Labute approximate surface area is 77.6 Å². The number of nitriles is 1. The van der Waals surface area contributed by atoms with Gasteiger partial charge in [-0.3, -0.25) is 9.78 Å². The standard InChI is InChI=1S/C9H4N2O3/c10-4-7(12)5-1-2-6-8(3-5)14-9(13)11-6/h1-3H,(H,11,13). The van der Waals surface area contributed by atoms with Crippen molar-refractivity contribution >= 4 is 16.9 Å². The topological polar surface area (TPSA) is 86.9 Å². The van der Waals surface area contributed by atoms with Crippen molar-refractivity contribution in [2.24, 2.45) is 0 Å². The molecule has 5 nitrogen and oxygen atoms in total. The van der Waals surface area contributed by atoms with Crippen molar-refractivity contribution in [1.82, 2.24) is 4.98 Å². The summed E-state index contributed by atoms with van der Waals surface area (Å²) >= 11 is 0. The first-order valence-electron chi connectivity index (χ1n) is 3.78. The van der Waals surface area contributed by atoms with Crippen molar-refractivity contribution in [3.63, 3.8) is 0 Å². The molecule has 5 heteroatoms. The van der Waals surface area contributed by atoms with Crippen LogP contribution in [0.5, 0.6) is 0 Å². The van der Waals surface area contributed by atoms with Gasteiger partial charge in [-0.25, -0.2) is 4.79 Å². The Morgan fingerprint density at radius 3 is 3.00 bits per heavy atom. The molecule has 0 fully saturated rings. The molecule has 2 aromatic rings. The van der Waals surface area contributed by atoms with E-state index in [4.69, 9.17) is 9.68 Å². The van der Waals surface area contributed by atoms with Gasteiger partial charge in [0.2, 0.25) is 0 Å². The predicted molar refractivity (Wildman–Crippen MR) is 46.8 cm³/mol. The van der Waals surface area contributed by atoms with Gasteiger partial charge in [0.1, 0.15) is 6.07 Å². The van der Waals surface area contributed by atoms with Crippen LogP contribution in [0.25, 0.3) is 11.1 Å². The molecule has 0 radical (unpaired) electrons. The molecule has 1 heterocycles. The van der Waals surface area contributed by atoms with Crippen LogP contribution in [0.2, 0.25) is 0 Å². The molecule has 0 aliphatic heterocycles. The summed E-state index contributed by atoms with van der Waals surface area (Å²) in [6, 6.07) is 5.82. The zero-order chi connectivity index (χ0) is 10.1. The van der Waals surface area contributed by atoms with E-state index in [-0.39, 0.29) is 11.1 Å². The number of nitrogens with one attached hydrogen (secondary N) is 1. The van der Waals surface area contributed by atoms with Crippen LogP contribution in [0.3, 0.4) is 0 Å². The molecule has 0 aliphatic carbocycles. The fourth-order valence-electron chi connectivity index (χ4n) is 1.15. The number of fused-ring (bicyclic) bond motifs is 1. The van der Waals surface area contributed by atoms with E-state index in [1.165, 1.54) is 24.3 Å². The summed E-state index contributed by atoms with van der Waals surface area (Å²) in [6.45, 7) is 0. The number of rotatable bonds is 1. The number of aromatic amines is 1. The molecule has 2 rings (SSSR count). The van der Waals surface area contributed by atoms with E-state index in [1.54, 1.807) is 0 Å². The number of nitrogens with zero attached hydrogens (tertiary/aromatic N) is 1. The van der Waals surface area contributed by atoms with Crippen molar-refractivity contribution in [1.29, 1.82) is 5.26 Å². The molecule has 1 aromatic heterocycles. The van der Waals surface area contributed by atoms with Gasteiger partial charge in [-0.1, -0.05) is 0 Å². The van der Waals surface area contributed by atoms with Crippen molar-refractivity contribution in [3.8, 4) is 6.07 Å². The SMILES string of the molecule is N#CC(=O)c1ccc2[nH]c(=O)oc2c1. The summed E-state index contributed by atoms with van der Waals surface area (Å²) in [5.74, 6) is -1.24. The van der Waals surface area contributed by atoms with Crippen LogP contribution < -0.4 is 5.76 Å². The maximum atomic E-state index is 11.0. The van der Waals surface area contributed by atoms with E-state index in [1.807, 2.05) is 0 Å². The minimum atomic E-state index is -0.657. The zero-order valence-electron chi connectivity index (χ0n) is 6.90. The number of carbonyl (C=O) groups excluding carboxylic acids is 1. The first-order chi connectivity index (χ1) is 6.70. The van der Waals surface area contributed by atoms with Crippen LogP contribution in [-0.2, 0) is 0 Å². The number of carbonyl (C=O) groups is 1. The molecule has 1 aromatic carbocycles. The number of H-pyrrole nitrogens is 1. The van der Waals surface area contributed by atoms with Crippen LogP contribution in [0.1, 0.15) is 10.4 Å². The average Bonchev–Trinajstić information content (AvgIpc) is 2.55. The molecule has 0 unspecified atom stereocenters. The van der Waals surface area contributed by atoms with E-state index in [0.717, 1.165) is 0 Å². The number of benzene rings is 1. The largest absolute Gasteiger partial charge is 0.417 e. The van der Waals surface area contributed by atoms with Gasteiger partial charge in [-0.05, 0) is 18.2 Å². The highest BCUT2D eigenvalue weighted by Gasteiger charge is 2.07. The van der Waals surface area contributed by atoms with Crippen molar-refractivity contribution in [3.05, 3.63) is 34.3 Å². The molecular formula is C9H4N2O3. The fraction of sp³-hybridized carbons (Fsp3) is 0. The normalized spacial score (nSPS) is 9.93.